The first-order valence-electron chi connectivity index (χ1n) is 6.25. The van der Waals surface area contributed by atoms with Gasteiger partial charge < -0.3 is 15.4 Å². The van der Waals surface area contributed by atoms with Crippen molar-refractivity contribution in [3.05, 3.63) is 23.8 Å². The molecular formula is C14H20N2O2. The van der Waals surface area contributed by atoms with Crippen LogP contribution in [0.1, 0.15) is 24.2 Å². The second-order valence-electron chi connectivity index (χ2n) is 5.16. The van der Waals surface area contributed by atoms with Crippen LogP contribution in [0.2, 0.25) is 0 Å². The van der Waals surface area contributed by atoms with E-state index in [4.69, 9.17) is 10.5 Å². The number of nitrogens with two attached hydrogens (primary N) is 1. The number of amides is 1. The quantitative estimate of drug-likeness (QED) is 0.814. The highest BCUT2D eigenvalue weighted by atomic mass is 16.5. The van der Waals surface area contributed by atoms with Gasteiger partial charge in [-0.25, -0.2) is 0 Å². The number of methoxy groups -OCH3 is 1. The van der Waals surface area contributed by atoms with E-state index in [1.807, 2.05) is 4.90 Å². The predicted molar refractivity (Wildman–Crippen MR) is 71.6 cm³/mol. The van der Waals surface area contributed by atoms with Crippen LogP contribution >= 0.6 is 0 Å². The van der Waals surface area contributed by atoms with E-state index in [0.717, 1.165) is 13.1 Å². The average Bonchev–Trinajstić information content (AvgIpc) is 2.68. The van der Waals surface area contributed by atoms with Crippen molar-refractivity contribution in [1.29, 1.82) is 0 Å². The Morgan fingerprint density at radius 1 is 1.28 bits per heavy atom. The highest BCUT2D eigenvalue weighted by Gasteiger charge is 2.30. The zero-order chi connectivity index (χ0) is 13.3. The van der Waals surface area contributed by atoms with Gasteiger partial charge in [0.05, 0.1) is 7.11 Å². The van der Waals surface area contributed by atoms with Gasteiger partial charge in [0.2, 0.25) is 0 Å². The minimum atomic E-state index is 0.0387. The second kappa shape index (κ2) is 4.88. The molecule has 0 aromatic heterocycles. The summed E-state index contributed by atoms with van der Waals surface area (Å²) < 4.78 is 5.14. The van der Waals surface area contributed by atoms with Crippen LogP contribution in [-0.2, 0) is 0 Å². The SMILES string of the molecule is COc1cc(N)cc(C(=O)N2CC(C)C(C)C2)c1. The van der Waals surface area contributed by atoms with Crippen LogP contribution in [0, 0.1) is 11.8 Å². The molecule has 1 fully saturated rings. The highest BCUT2D eigenvalue weighted by molar-refractivity contribution is 5.95. The van der Waals surface area contributed by atoms with Gasteiger partial charge in [0.25, 0.3) is 5.91 Å². The number of carbonyl (C=O) groups excluding carboxylic acids is 1. The molecule has 2 unspecified atom stereocenters. The lowest BCUT2D eigenvalue weighted by Crippen LogP contribution is -2.28. The molecule has 0 bridgehead atoms. The third kappa shape index (κ3) is 2.42. The van der Waals surface area contributed by atoms with E-state index < -0.39 is 0 Å². The number of likely N-dealkylation sites (tertiary alicyclic amines) is 1. The molecule has 1 aliphatic rings. The number of rotatable bonds is 2. The normalized spacial score (nSPS) is 23.2. The number of nitrogens with zero attached hydrogens (tertiary/aromatic N) is 1. The van der Waals surface area contributed by atoms with Crippen LogP contribution in [0.4, 0.5) is 5.69 Å². The molecule has 0 aliphatic carbocycles. The summed E-state index contributed by atoms with van der Waals surface area (Å²) in [6.45, 7) is 5.99. The largest absolute Gasteiger partial charge is 0.497 e. The summed E-state index contributed by atoms with van der Waals surface area (Å²) in [6, 6.07) is 5.16. The lowest BCUT2D eigenvalue weighted by Gasteiger charge is -2.16. The van der Waals surface area contributed by atoms with Crippen LogP contribution in [-0.4, -0.2) is 31.0 Å². The molecule has 1 saturated heterocycles. The maximum atomic E-state index is 12.4. The summed E-state index contributed by atoms with van der Waals surface area (Å²) in [5, 5.41) is 0. The maximum Gasteiger partial charge on any atom is 0.254 e. The third-order valence-corrected chi connectivity index (χ3v) is 3.69. The number of hydrogen-bond donors (Lipinski definition) is 1. The first-order valence-corrected chi connectivity index (χ1v) is 6.25. The third-order valence-electron chi connectivity index (χ3n) is 3.69. The van der Waals surface area contributed by atoms with Crippen molar-refractivity contribution in [2.75, 3.05) is 25.9 Å². The molecule has 1 amide bonds. The molecule has 0 saturated carbocycles. The molecule has 2 atom stereocenters. The van der Waals surface area contributed by atoms with Gasteiger partial charge >= 0.3 is 0 Å². The van der Waals surface area contributed by atoms with Crippen molar-refractivity contribution in [3.8, 4) is 5.75 Å². The molecule has 1 aliphatic heterocycles. The van der Waals surface area contributed by atoms with E-state index in [0.29, 0.717) is 28.8 Å². The zero-order valence-corrected chi connectivity index (χ0v) is 11.1. The Balaban J connectivity index is 2.21. The monoisotopic (exact) mass is 248 g/mol. The second-order valence-corrected chi connectivity index (χ2v) is 5.16. The maximum absolute atomic E-state index is 12.4. The summed E-state index contributed by atoms with van der Waals surface area (Å²) in [4.78, 5) is 14.3. The van der Waals surface area contributed by atoms with Gasteiger partial charge in [-0.1, -0.05) is 13.8 Å². The van der Waals surface area contributed by atoms with Crippen molar-refractivity contribution in [2.24, 2.45) is 11.8 Å². The van der Waals surface area contributed by atoms with E-state index in [2.05, 4.69) is 13.8 Å². The van der Waals surface area contributed by atoms with Crippen molar-refractivity contribution >= 4 is 11.6 Å². The Bertz CT molecular complexity index is 449. The first kappa shape index (κ1) is 12.7. The standard InChI is InChI=1S/C14H20N2O2/c1-9-7-16(8-10(9)2)14(17)11-4-12(15)6-13(5-11)18-3/h4-6,9-10H,7-8,15H2,1-3H3. The predicted octanol–water partition coefficient (Wildman–Crippen LogP) is 2.01. The summed E-state index contributed by atoms with van der Waals surface area (Å²) in [5.41, 5.74) is 6.93. The molecule has 1 aromatic carbocycles. The Labute approximate surface area is 108 Å². The van der Waals surface area contributed by atoms with Gasteiger partial charge in [0.1, 0.15) is 5.75 Å². The summed E-state index contributed by atoms with van der Waals surface area (Å²) in [5.74, 6) is 1.77. The van der Waals surface area contributed by atoms with Crippen molar-refractivity contribution in [1.82, 2.24) is 4.90 Å². The number of hydrogen-bond acceptors (Lipinski definition) is 3. The van der Waals surface area contributed by atoms with Gasteiger partial charge in [0.15, 0.2) is 0 Å². The van der Waals surface area contributed by atoms with E-state index in [9.17, 15) is 4.79 Å². The Morgan fingerprint density at radius 2 is 1.89 bits per heavy atom. The lowest BCUT2D eigenvalue weighted by atomic mass is 10.0. The van der Waals surface area contributed by atoms with E-state index in [-0.39, 0.29) is 5.91 Å². The Kier molecular flexibility index (Phi) is 3.45. The molecule has 1 heterocycles. The van der Waals surface area contributed by atoms with Crippen LogP contribution in [0.15, 0.2) is 18.2 Å². The minimum absolute atomic E-state index is 0.0387. The topological polar surface area (TPSA) is 55.6 Å². The fourth-order valence-electron chi connectivity index (χ4n) is 2.34. The minimum Gasteiger partial charge on any atom is -0.497 e. The van der Waals surface area contributed by atoms with Gasteiger partial charge in [-0.2, -0.15) is 0 Å². The molecular weight excluding hydrogens is 228 g/mol. The smallest absolute Gasteiger partial charge is 0.254 e. The molecule has 98 valence electrons. The Morgan fingerprint density at radius 3 is 2.44 bits per heavy atom. The first-order chi connectivity index (χ1) is 8.51. The number of anilines is 1. The molecule has 2 N–H and O–H groups in total. The van der Waals surface area contributed by atoms with Crippen molar-refractivity contribution < 1.29 is 9.53 Å². The molecule has 2 rings (SSSR count). The molecule has 4 heteroatoms. The van der Waals surface area contributed by atoms with Crippen LogP contribution < -0.4 is 10.5 Å². The van der Waals surface area contributed by atoms with E-state index in [1.165, 1.54) is 0 Å². The molecule has 4 nitrogen and oxygen atoms in total. The van der Waals surface area contributed by atoms with Gasteiger partial charge in [-0.15, -0.1) is 0 Å². The number of ether oxygens (including phenoxy) is 1. The fraction of sp³-hybridized carbons (Fsp3) is 0.500. The molecule has 0 spiro atoms. The summed E-state index contributed by atoms with van der Waals surface area (Å²) in [6.07, 6.45) is 0. The van der Waals surface area contributed by atoms with Gasteiger partial charge in [0, 0.05) is 30.4 Å². The van der Waals surface area contributed by atoms with Gasteiger partial charge in [-0.3, -0.25) is 4.79 Å². The number of nitrogen functional groups attached to an aromatic ring is 1. The number of carbonyl (C=O) groups is 1. The molecule has 1 aromatic rings. The lowest BCUT2D eigenvalue weighted by molar-refractivity contribution is 0.0784. The van der Waals surface area contributed by atoms with Crippen molar-refractivity contribution in [2.45, 2.75) is 13.8 Å². The number of benzene rings is 1. The average molecular weight is 248 g/mol. The Hall–Kier alpha value is -1.71. The van der Waals surface area contributed by atoms with Gasteiger partial charge in [-0.05, 0) is 24.0 Å². The van der Waals surface area contributed by atoms with Crippen LogP contribution in [0.5, 0.6) is 5.75 Å². The van der Waals surface area contributed by atoms with E-state index >= 15 is 0 Å². The van der Waals surface area contributed by atoms with Crippen LogP contribution in [0.25, 0.3) is 0 Å². The van der Waals surface area contributed by atoms with Crippen molar-refractivity contribution in [3.63, 3.8) is 0 Å². The highest BCUT2D eigenvalue weighted by Crippen LogP contribution is 2.25. The molecule has 18 heavy (non-hydrogen) atoms. The van der Waals surface area contributed by atoms with E-state index in [1.54, 1.807) is 25.3 Å². The fourth-order valence-corrected chi connectivity index (χ4v) is 2.34. The zero-order valence-electron chi connectivity index (χ0n) is 11.1. The summed E-state index contributed by atoms with van der Waals surface area (Å²) in [7, 11) is 1.57. The summed E-state index contributed by atoms with van der Waals surface area (Å²) >= 11 is 0. The van der Waals surface area contributed by atoms with Crippen LogP contribution in [0.3, 0.4) is 0 Å². The molecule has 0 radical (unpaired) electrons.